The Morgan fingerprint density at radius 3 is 2.19 bits per heavy atom. The SMILES string of the molecule is COc1cc(O)c(C(=O)C=Cc2ccc(OC(C)(C)C)cc2)c(OC)c1. The summed E-state index contributed by atoms with van der Waals surface area (Å²) in [5.74, 6) is 0.872. The third-order valence-corrected chi connectivity index (χ3v) is 3.49. The number of carbonyl (C=O) groups is 1. The monoisotopic (exact) mass is 356 g/mol. The molecule has 1 N–H and O–H groups in total. The zero-order chi connectivity index (χ0) is 19.3. The highest BCUT2D eigenvalue weighted by Crippen LogP contribution is 2.33. The Hall–Kier alpha value is -2.95. The first-order chi connectivity index (χ1) is 12.2. The van der Waals surface area contributed by atoms with E-state index in [1.807, 2.05) is 45.0 Å². The van der Waals surface area contributed by atoms with Crippen molar-refractivity contribution in [3.05, 3.63) is 53.6 Å². The van der Waals surface area contributed by atoms with E-state index >= 15 is 0 Å². The standard InChI is InChI=1S/C21H24O5/c1-21(2,3)26-15-9-6-14(7-10-15)8-11-17(22)20-18(23)12-16(24-4)13-19(20)25-5/h6-13,23H,1-5H3. The predicted octanol–water partition coefficient (Wildman–Crippen LogP) is 4.48. The van der Waals surface area contributed by atoms with E-state index in [9.17, 15) is 9.90 Å². The maximum Gasteiger partial charge on any atom is 0.193 e. The molecule has 0 aromatic heterocycles. The van der Waals surface area contributed by atoms with Crippen LogP contribution in [0.3, 0.4) is 0 Å². The van der Waals surface area contributed by atoms with Crippen molar-refractivity contribution in [3.63, 3.8) is 0 Å². The van der Waals surface area contributed by atoms with Crippen LogP contribution in [-0.2, 0) is 0 Å². The minimum atomic E-state index is -0.364. The molecule has 0 spiro atoms. The third kappa shape index (κ3) is 5.02. The van der Waals surface area contributed by atoms with Crippen LogP contribution in [0.25, 0.3) is 6.08 Å². The number of phenolic OH excluding ortho intramolecular Hbond substituents is 1. The highest BCUT2D eigenvalue weighted by Gasteiger charge is 2.17. The molecule has 2 rings (SSSR count). The average Bonchev–Trinajstić information content (AvgIpc) is 2.58. The second-order valence-corrected chi connectivity index (χ2v) is 6.70. The van der Waals surface area contributed by atoms with Gasteiger partial charge in [-0.2, -0.15) is 0 Å². The average molecular weight is 356 g/mol. The van der Waals surface area contributed by atoms with Gasteiger partial charge in [0.2, 0.25) is 0 Å². The molecule has 5 nitrogen and oxygen atoms in total. The van der Waals surface area contributed by atoms with Gasteiger partial charge in [-0.3, -0.25) is 4.79 Å². The van der Waals surface area contributed by atoms with E-state index in [1.54, 1.807) is 12.1 Å². The summed E-state index contributed by atoms with van der Waals surface area (Å²) in [6.45, 7) is 5.94. The number of allylic oxidation sites excluding steroid dienone is 1. The molecule has 138 valence electrons. The van der Waals surface area contributed by atoms with Gasteiger partial charge in [0.1, 0.15) is 34.2 Å². The Balaban J connectivity index is 2.19. The van der Waals surface area contributed by atoms with Crippen LogP contribution in [0.5, 0.6) is 23.0 Å². The number of hydrogen-bond donors (Lipinski definition) is 1. The van der Waals surface area contributed by atoms with E-state index in [-0.39, 0.29) is 28.4 Å². The largest absolute Gasteiger partial charge is 0.507 e. The molecule has 26 heavy (non-hydrogen) atoms. The fourth-order valence-electron chi connectivity index (χ4n) is 2.36. The fourth-order valence-corrected chi connectivity index (χ4v) is 2.36. The maximum absolute atomic E-state index is 12.5. The van der Waals surface area contributed by atoms with Crippen molar-refractivity contribution >= 4 is 11.9 Å². The van der Waals surface area contributed by atoms with Crippen LogP contribution in [0.15, 0.2) is 42.5 Å². The summed E-state index contributed by atoms with van der Waals surface area (Å²) >= 11 is 0. The normalized spacial score (nSPS) is 11.4. The summed E-state index contributed by atoms with van der Waals surface area (Å²) in [5, 5.41) is 10.1. The Labute approximate surface area is 153 Å². The fraction of sp³-hybridized carbons (Fsp3) is 0.286. The molecule has 0 amide bonds. The zero-order valence-corrected chi connectivity index (χ0v) is 15.7. The quantitative estimate of drug-likeness (QED) is 0.610. The third-order valence-electron chi connectivity index (χ3n) is 3.49. The Morgan fingerprint density at radius 2 is 1.65 bits per heavy atom. The number of carbonyl (C=O) groups excluding carboxylic acids is 1. The van der Waals surface area contributed by atoms with Gasteiger partial charge >= 0.3 is 0 Å². The molecule has 0 unspecified atom stereocenters. The van der Waals surface area contributed by atoms with Crippen LogP contribution in [0.2, 0.25) is 0 Å². The Bertz CT molecular complexity index is 798. The lowest BCUT2D eigenvalue weighted by Crippen LogP contribution is -2.22. The number of methoxy groups -OCH3 is 2. The lowest BCUT2D eigenvalue weighted by atomic mass is 10.1. The van der Waals surface area contributed by atoms with Crippen LogP contribution < -0.4 is 14.2 Å². The summed E-state index contributed by atoms with van der Waals surface area (Å²) in [6, 6.07) is 10.3. The molecule has 0 aliphatic heterocycles. The molecule has 2 aromatic carbocycles. The van der Waals surface area contributed by atoms with Gasteiger partial charge in [-0.05, 0) is 44.5 Å². The molecule has 0 heterocycles. The van der Waals surface area contributed by atoms with Gasteiger partial charge in [-0.25, -0.2) is 0 Å². The highest BCUT2D eigenvalue weighted by atomic mass is 16.5. The minimum Gasteiger partial charge on any atom is -0.507 e. The molecule has 0 aliphatic carbocycles. The Kier molecular flexibility index (Phi) is 5.93. The van der Waals surface area contributed by atoms with Crippen LogP contribution >= 0.6 is 0 Å². The van der Waals surface area contributed by atoms with Gasteiger partial charge in [0.05, 0.1) is 14.2 Å². The molecule has 0 aliphatic rings. The van der Waals surface area contributed by atoms with E-state index < -0.39 is 0 Å². The highest BCUT2D eigenvalue weighted by molar-refractivity contribution is 6.10. The van der Waals surface area contributed by atoms with Crippen LogP contribution in [0.4, 0.5) is 0 Å². The van der Waals surface area contributed by atoms with Crippen molar-refractivity contribution in [1.29, 1.82) is 0 Å². The smallest absolute Gasteiger partial charge is 0.193 e. The number of rotatable bonds is 6. The van der Waals surface area contributed by atoms with E-state index in [0.717, 1.165) is 11.3 Å². The predicted molar refractivity (Wildman–Crippen MR) is 101 cm³/mol. The summed E-state index contributed by atoms with van der Waals surface area (Å²) in [7, 11) is 2.91. The lowest BCUT2D eigenvalue weighted by Gasteiger charge is -2.21. The van der Waals surface area contributed by atoms with Gasteiger partial charge < -0.3 is 19.3 Å². The second-order valence-electron chi connectivity index (χ2n) is 6.70. The summed E-state index contributed by atoms with van der Waals surface area (Å²) < 4.78 is 16.0. The van der Waals surface area contributed by atoms with E-state index in [1.165, 1.54) is 26.4 Å². The van der Waals surface area contributed by atoms with Crippen molar-refractivity contribution < 1.29 is 24.1 Å². The van der Waals surface area contributed by atoms with Crippen LogP contribution in [0.1, 0.15) is 36.7 Å². The first kappa shape index (κ1) is 19.4. The van der Waals surface area contributed by atoms with Gasteiger partial charge in [0, 0.05) is 12.1 Å². The van der Waals surface area contributed by atoms with Gasteiger partial charge in [-0.15, -0.1) is 0 Å². The molecule has 0 saturated carbocycles. The number of phenols is 1. The zero-order valence-electron chi connectivity index (χ0n) is 15.7. The lowest BCUT2D eigenvalue weighted by molar-refractivity contribution is 0.104. The molecule has 0 atom stereocenters. The van der Waals surface area contributed by atoms with E-state index in [4.69, 9.17) is 14.2 Å². The summed E-state index contributed by atoms with van der Waals surface area (Å²) in [4.78, 5) is 12.5. The van der Waals surface area contributed by atoms with Crippen molar-refractivity contribution in [1.82, 2.24) is 0 Å². The number of ketones is 1. The first-order valence-corrected chi connectivity index (χ1v) is 8.20. The number of hydrogen-bond acceptors (Lipinski definition) is 5. The van der Waals surface area contributed by atoms with E-state index in [2.05, 4.69) is 0 Å². The molecular formula is C21H24O5. The van der Waals surface area contributed by atoms with Crippen molar-refractivity contribution in [3.8, 4) is 23.0 Å². The molecule has 0 bridgehead atoms. The van der Waals surface area contributed by atoms with E-state index in [0.29, 0.717) is 5.75 Å². The first-order valence-electron chi connectivity index (χ1n) is 8.20. The molecule has 0 fully saturated rings. The van der Waals surface area contributed by atoms with Crippen LogP contribution in [0, 0.1) is 0 Å². The molecule has 0 radical (unpaired) electrons. The molecule has 0 saturated heterocycles. The van der Waals surface area contributed by atoms with Crippen LogP contribution in [-0.4, -0.2) is 30.7 Å². The summed E-state index contributed by atoms with van der Waals surface area (Å²) in [5.41, 5.74) is 0.666. The molecule has 2 aromatic rings. The second kappa shape index (κ2) is 7.95. The molecular weight excluding hydrogens is 332 g/mol. The van der Waals surface area contributed by atoms with Crippen molar-refractivity contribution in [2.24, 2.45) is 0 Å². The summed E-state index contributed by atoms with van der Waals surface area (Å²) in [6.07, 6.45) is 3.07. The minimum absolute atomic E-state index is 0.0947. The van der Waals surface area contributed by atoms with Crippen molar-refractivity contribution in [2.45, 2.75) is 26.4 Å². The number of ether oxygens (including phenoxy) is 3. The van der Waals surface area contributed by atoms with Crippen molar-refractivity contribution in [2.75, 3.05) is 14.2 Å². The Morgan fingerprint density at radius 1 is 1.00 bits per heavy atom. The number of benzene rings is 2. The van der Waals surface area contributed by atoms with Gasteiger partial charge in [0.15, 0.2) is 5.78 Å². The maximum atomic E-state index is 12.5. The van der Waals surface area contributed by atoms with Gasteiger partial charge in [0.25, 0.3) is 0 Å². The topological polar surface area (TPSA) is 65.0 Å². The number of aromatic hydroxyl groups is 1. The molecule has 5 heteroatoms. The van der Waals surface area contributed by atoms with Gasteiger partial charge in [-0.1, -0.05) is 18.2 Å².